The minimum Gasteiger partial charge on any atom is -0.489 e. The molecule has 1 aromatic rings. The fourth-order valence-electron chi connectivity index (χ4n) is 1.97. The highest BCUT2D eigenvalue weighted by atomic mass is 16.5. The Balaban J connectivity index is 1.76. The van der Waals surface area contributed by atoms with Crippen LogP contribution in [0, 0.1) is 0 Å². The summed E-state index contributed by atoms with van der Waals surface area (Å²) in [5.74, 6) is 1.53. The molecule has 1 aliphatic heterocycles. The largest absolute Gasteiger partial charge is 0.489 e. The first-order valence-electron chi connectivity index (χ1n) is 6.86. The zero-order valence-corrected chi connectivity index (χ0v) is 11.6. The maximum absolute atomic E-state index is 5.89. The summed E-state index contributed by atoms with van der Waals surface area (Å²) in [5.41, 5.74) is 1.36. The maximum atomic E-state index is 5.89. The minimum atomic E-state index is 0.204. The Bertz CT molecular complexity index is 357. The quantitative estimate of drug-likeness (QED) is 0.809. The van der Waals surface area contributed by atoms with Crippen LogP contribution in [-0.2, 0) is 0 Å². The third kappa shape index (κ3) is 3.72. The molecule has 1 atom stereocenters. The number of nitrogens with one attached hydrogen (secondary N) is 2. The van der Waals surface area contributed by atoms with Gasteiger partial charge in [-0.25, -0.2) is 0 Å². The fraction of sp³-hybridized carbons (Fsp3) is 0.600. The molecule has 1 aliphatic rings. The molecular formula is C15H24N2O. The molecule has 3 heteroatoms. The first-order valence-corrected chi connectivity index (χ1v) is 6.86. The number of rotatable bonds is 6. The average Bonchev–Trinajstić information content (AvgIpc) is 2.27. The van der Waals surface area contributed by atoms with E-state index in [0.717, 1.165) is 25.4 Å². The van der Waals surface area contributed by atoms with E-state index in [1.807, 2.05) is 0 Å². The van der Waals surface area contributed by atoms with E-state index in [1.54, 1.807) is 0 Å². The topological polar surface area (TPSA) is 33.3 Å². The van der Waals surface area contributed by atoms with Crippen LogP contribution < -0.4 is 15.4 Å². The third-order valence-corrected chi connectivity index (χ3v) is 3.36. The first kappa shape index (κ1) is 13.4. The average molecular weight is 248 g/mol. The molecule has 1 unspecified atom stereocenters. The van der Waals surface area contributed by atoms with Gasteiger partial charge in [0.15, 0.2) is 0 Å². The standard InChI is InChI=1S/C15H24N2O/c1-11(2)13-4-6-15(7-5-13)18-12(3)8-17-14-9-16-10-14/h4-7,11-12,14,16-17H,8-10H2,1-3H3. The summed E-state index contributed by atoms with van der Waals surface area (Å²) in [6.45, 7) is 9.57. The van der Waals surface area contributed by atoms with Gasteiger partial charge >= 0.3 is 0 Å². The van der Waals surface area contributed by atoms with Gasteiger partial charge in [0, 0.05) is 25.7 Å². The van der Waals surface area contributed by atoms with Gasteiger partial charge in [-0.05, 0) is 30.5 Å². The summed E-state index contributed by atoms with van der Waals surface area (Å²) < 4.78 is 5.89. The van der Waals surface area contributed by atoms with Gasteiger partial charge in [-0.3, -0.25) is 0 Å². The van der Waals surface area contributed by atoms with Gasteiger partial charge in [0.2, 0.25) is 0 Å². The second kappa shape index (κ2) is 6.21. The predicted molar refractivity (Wildman–Crippen MR) is 75.3 cm³/mol. The van der Waals surface area contributed by atoms with Crippen molar-refractivity contribution in [2.75, 3.05) is 19.6 Å². The van der Waals surface area contributed by atoms with E-state index in [0.29, 0.717) is 12.0 Å². The summed E-state index contributed by atoms with van der Waals surface area (Å²) >= 11 is 0. The van der Waals surface area contributed by atoms with E-state index in [-0.39, 0.29) is 6.10 Å². The van der Waals surface area contributed by atoms with E-state index >= 15 is 0 Å². The van der Waals surface area contributed by atoms with Crippen molar-refractivity contribution in [3.05, 3.63) is 29.8 Å². The molecule has 1 saturated heterocycles. The monoisotopic (exact) mass is 248 g/mol. The normalized spacial score (nSPS) is 17.6. The molecule has 0 bridgehead atoms. The van der Waals surface area contributed by atoms with E-state index < -0.39 is 0 Å². The molecule has 18 heavy (non-hydrogen) atoms. The van der Waals surface area contributed by atoms with Crippen molar-refractivity contribution in [2.45, 2.75) is 38.8 Å². The van der Waals surface area contributed by atoms with Crippen molar-refractivity contribution in [1.82, 2.24) is 10.6 Å². The minimum absolute atomic E-state index is 0.204. The highest BCUT2D eigenvalue weighted by Gasteiger charge is 2.16. The van der Waals surface area contributed by atoms with Crippen molar-refractivity contribution < 1.29 is 4.74 Å². The Morgan fingerprint density at radius 2 is 1.89 bits per heavy atom. The molecule has 1 heterocycles. The Morgan fingerprint density at radius 3 is 2.39 bits per heavy atom. The zero-order valence-electron chi connectivity index (χ0n) is 11.6. The molecule has 0 amide bonds. The lowest BCUT2D eigenvalue weighted by Gasteiger charge is -2.29. The van der Waals surface area contributed by atoms with Gasteiger partial charge in [0.05, 0.1) is 0 Å². The van der Waals surface area contributed by atoms with Crippen molar-refractivity contribution >= 4 is 0 Å². The van der Waals surface area contributed by atoms with Gasteiger partial charge in [0.25, 0.3) is 0 Å². The molecule has 3 nitrogen and oxygen atoms in total. The Hall–Kier alpha value is -1.06. The van der Waals surface area contributed by atoms with Crippen LogP contribution in [0.1, 0.15) is 32.3 Å². The number of ether oxygens (including phenoxy) is 1. The van der Waals surface area contributed by atoms with E-state index in [1.165, 1.54) is 5.56 Å². The van der Waals surface area contributed by atoms with Crippen LogP contribution in [-0.4, -0.2) is 31.8 Å². The SMILES string of the molecule is CC(CNC1CNC1)Oc1ccc(C(C)C)cc1. The van der Waals surface area contributed by atoms with Crippen LogP contribution >= 0.6 is 0 Å². The van der Waals surface area contributed by atoms with E-state index in [4.69, 9.17) is 4.74 Å². The lowest BCUT2D eigenvalue weighted by molar-refractivity contribution is 0.203. The van der Waals surface area contributed by atoms with Crippen molar-refractivity contribution in [2.24, 2.45) is 0 Å². The third-order valence-electron chi connectivity index (χ3n) is 3.36. The summed E-state index contributed by atoms with van der Waals surface area (Å²) in [4.78, 5) is 0. The fourth-order valence-corrected chi connectivity index (χ4v) is 1.97. The Morgan fingerprint density at radius 1 is 1.22 bits per heavy atom. The van der Waals surface area contributed by atoms with Crippen molar-refractivity contribution in [1.29, 1.82) is 0 Å². The van der Waals surface area contributed by atoms with Crippen LogP contribution in [0.3, 0.4) is 0 Å². The molecule has 2 N–H and O–H groups in total. The second-order valence-corrected chi connectivity index (χ2v) is 5.42. The van der Waals surface area contributed by atoms with E-state index in [9.17, 15) is 0 Å². The predicted octanol–water partition coefficient (Wildman–Crippen LogP) is 2.14. The molecule has 100 valence electrons. The number of benzene rings is 1. The molecule has 1 aromatic carbocycles. The summed E-state index contributed by atoms with van der Waals surface area (Å²) in [6.07, 6.45) is 0.204. The van der Waals surface area contributed by atoms with Gasteiger partial charge in [-0.1, -0.05) is 26.0 Å². The highest BCUT2D eigenvalue weighted by Crippen LogP contribution is 2.19. The molecule has 0 spiro atoms. The molecule has 0 radical (unpaired) electrons. The number of hydrogen-bond donors (Lipinski definition) is 2. The molecule has 0 aromatic heterocycles. The molecule has 1 fully saturated rings. The second-order valence-electron chi connectivity index (χ2n) is 5.42. The van der Waals surface area contributed by atoms with E-state index in [2.05, 4.69) is 55.7 Å². The maximum Gasteiger partial charge on any atom is 0.119 e. The van der Waals surface area contributed by atoms with Crippen LogP contribution in [0.25, 0.3) is 0 Å². The van der Waals surface area contributed by atoms with Gasteiger partial charge in [-0.15, -0.1) is 0 Å². The molecular weight excluding hydrogens is 224 g/mol. The molecule has 0 aliphatic carbocycles. The lowest BCUT2D eigenvalue weighted by atomic mass is 10.0. The first-order chi connectivity index (χ1) is 8.65. The molecule has 0 saturated carbocycles. The molecule has 2 rings (SSSR count). The smallest absolute Gasteiger partial charge is 0.119 e. The van der Waals surface area contributed by atoms with Crippen LogP contribution in [0.5, 0.6) is 5.75 Å². The summed E-state index contributed by atoms with van der Waals surface area (Å²) in [7, 11) is 0. The van der Waals surface area contributed by atoms with Gasteiger partial charge in [-0.2, -0.15) is 0 Å². The summed E-state index contributed by atoms with van der Waals surface area (Å²) in [6, 6.07) is 9.05. The Labute approximate surface area is 110 Å². The van der Waals surface area contributed by atoms with Crippen LogP contribution in [0.2, 0.25) is 0 Å². The number of hydrogen-bond acceptors (Lipinski definition) is 3. The van der Waals surface area contributed by atoms with Crippen LogP contribution in [0.15, 0.2) is 24.3 Å². The zero-order chi connectivity index (χ0) is 13.0. The van der Waals surface area contributed by atoms with Crippen molar-refractivity contribution in [3.63, 3.8) is 0 Å². The summed E-state index contributed by atoms with van der Waals surface area (Å²) in [5, 5.41) is 6.73. The van der Waals surface area contributed by atoms with Gasteiger partial charge in [0.1, 0.15) is 11.9 Å². The van der Waals surface area contributed by atoms with Crippen LogP contribution in [0.4, 0.5) is 0 Å². The highest BCUT2D eigenvalue weighted by molar-refractivity contribution is 5.29. The Kier molecular flexibility index (Phi) is 4.61. The van der Waals surface area contributed by atoms with Crippen molar-refractivity contribution in [3.8, 4) is 5.75 Å². The lowest BCUT2D eigenvalue weighted by Crippen LogP contribution is -2.56. The van der Waals surface area contributed by atoms with Gasteiger partial charge < -0.3 is 15.4 Å².